The minimum atomic E-state index is 0.670. The van der Waals surface area contributed by atoms with Crippen molar-refractivity contribution < 1.29 is 0 Å². The maximum Gasteiger partial charge on any atom is 0.0804 e. The Balaban J connectivity index is 0.000000211. The van der Waals surface area contributed by atoms with Crippen LogP contribution in [0.1, 0.15) is 5.56 Å². The molecule has 0 fully saturated rings. The average molecular weight is 291 g/mol. The van der Waals surface area contributed by atoms with E-state index in [1.165, 1.54) is 5.56 Å². The number of hydrogen-bond donors (Lipinski definition) is 2. The molecule has 0 unspecified atom stereocenters. The van der Waals surface area contributed by atoms with Crippen LogP contribution in [0, 0.1) is 6.92 Å². The highest BCUT2D eigenvalue weighted by molar-refractivity contribution is 5.73. The van der Waals surface area contributed by atoms with Crippen LogP contribution in [-0.2, 0) is 0 Å². The van der Waals surface area contributed by atoms with E-state index < -0.39 is 0 Å². The SMILES string of the molecule is Cc1ccccc1.Nc1ccccc1N(N)c1ccccc1. The number of hydrazine groups is 1. The summed E-state index contributed by atoms with van der Waals surface area (Å²) in [5, 5.41) is 1.58. The molecular formula is C19H21N3. The predicted octanol–water partition coefficient (Wildman–Crippen LogP) is 4.28. The van der Waals surface area contributed by atoms with Crippen molar-refractivity contribution in [2.24, 2.45) is 5.84 Å². The first kappa shape index (κ1) is 15.6. The van der Waals surface area contributed by atoms with Crippen molar-refractivity contribution in [3.05, 3.63) is 90.5 Å². The summed E-state index contributed by atoms with van der Waals surface area (Å²) in [6.07, 6.45) is 0. The zero-order valence-corrected chi connectivity index (χ0v) is 12.7. The Morgan fingerprint density at radius 3 is 1.68 bits per heavy atom. The number of nitrogens with two attached hydrogens (primary N) is 2. The van der Waals surface area contributed by atoms with Crippen molar-refractivity contribution in [2.45, 2.75) is 6.92 Å². The molecule has 0 atom stereocenters. The molecule has 0 radical (unpaired) electrons. The van der Waals surface area contributed by atoms with Crippen LogP contribution < -0.4 is 16.6 Å². The number of benzene rings is 3. The Morgan fingerprint density at radius 1 is 0.682 bits per heavy atom. The number of anilines is 3. The van der Waals surface area contributed by atoms with Gasteiger partial charge >= 0.3 is 0 Å². The smallest absolute Gasteiger partial charge is 0.0804 e. The fraction of sp³-hybridized carbons (Fsp3) is 0.0526. The lowest BCUT2D eigenvalue weighted by atomic mass is 10.2. The molecule has 3 aromatic rings. The van der Waals surface area contributed by atoms with Crippen molar-refractivity contribution >= 4 is 17.1 Å². The van der Waals surface area contributed by atoms with Gasteiger partial charge in [0.2, 0.25) is 0 Å². The fourth-order valence-electron chi connectivity index (χ4n) is 1.97. The van der Waals surface area contributed by atoms with Gasteiger partial charge in [-0.3, -0.25) is 5.01 Å². The summed E-state index contributed by atoms with van der Waals surface area (Å²) in [4.78, 5) is 0. The van der Waals surface area contributed by atoms with Crippen molar-refractivity contribution in [3.63, 3.8) is 0 Å². The van der Waals surface area contributed by atoms with E-state index in [0.717, 1.165) is 11.4 Å². The zero-order valence-electron chi connectivity index (χ0n) is 12.7. The number of nitrogen functional groups attached to an aromatic ring is 1. The van der Waals surface area contributed by atoms with Crippen LogP contribution in [0.2, 0.25) is 0 Å². The predicted molar refractivity (Wildman–Crippen MR) is 94.8 cm³/mol. The first-order valence-corrected chi connectivity index (χ1v) is 7.14. The molecule has 22 heavy (non-hydrogen) atoms. The van der Waals surface area contributed by atoms with Crippen LogP contribution in [0.5, 0.6) is 0 Å². The monoisotopic (exact) mass is 291 g/mol. The van der Waals surface area contributed by atoms with Crippen molar-refractivity contribution in [1.82, 2.24) is 0 Å². The Labute approximate surface area is 131 Å². The summed E-state index contributed by atoms with van der Waals surface area (Å²) in [7, 11) is 0. The highest BCUT2D eigenvalue weighted by Crippen LogP contribution is 2.26. The third kappa shape index (κ3) is 4.36. The number of hydrogen-bond acceptors (Lipinski definition) is 3. The van der Waals surface area contributed by atoms with Gasteiger partial charge in [0.25, 0.3) is 0 Å². The van der Waals surface area contributed by atoms with E-state index >= 15 is 0 Å². The summed E-state index contributed by atoms with van der Waals surface area (Å²) >= 11 is 0. The van der Waals surface area contributed by atoms with Gasteiger partial charge in [-0.15, -0.1) is 0 Å². The lowest BCUT2D eigenvalue weighted by Crippen LogP contribution is -2.25. The van der Waals surface area contributed by atoms with Crippen LogP contribution in [-0.4, -0.2) is 0 Å². The summed E-state index contributed by atoms with van der Waals surface area (Å²) in [5.74, 6) is 5.97. The zero-order chi connectivity index (χ0) is 15.8. The molecule has 112 valence electrons. The van der Waals surface area contributed by atoms with E-state index in [1.54, 1.807) is 5.01 Å². The Kier molecular flexibility index (Phi) is 5.57. The normalized spacial score (nSPS) is 9.55. The van der Waals surface area contributed by atoms with Gasteiger partial charge in [-0.25, -0.2) is 5.84 Å². The molecule has 3 nitrogen and oxygen atoms in total. The Morgan fingerprint density at radius 2 is 1.18 bits per heavy atom. The first-order chi connectivity index (χ1) is 10.7. The molecule has 3 rings (SSSR count). The van der Waals surface area contributed by atoms with Crippen LogP contribution in [0.4, 0.5) is 17.1 Å². The maximum atomic E-state index is 5.97. The standard InChI is InChI=1S/C12H13N3.C7H8/c13-11-8-4-5-9-12(11)15(14)10-6-2-1-3-7-10;1-7-5-3-2-4-6-7/h1-9H,13-14H2;2-6H,1H3. The molecule has 0 aliphatic heterocycles. The minimum Gasteiger partial charge on any atom is -0.397 e. The molecule has 0 amide bonds. The highest BCUT2D eigenvalue weighted by atomic mass is 15.4. The molecule has 4 N–H and O–H groups in total. The minimum absolute atomic E-state index is 0.670. The number of para-hydroxylation sites is 3. The Bertz CT molecular complexity index is 681. The van der Waals surface area contributed by atoms with Gasteiger partial charge in [-0.1, -0.05) is 66.2 Å². The second kappa shape index (κ2) is 7.86. The second-order valence-electron chi connectivity index (χ2n) is 4.92. The van der Waals surface area contributed by atoms with E-state index in [2.05, 4.69) is 19.1 Å². The molecule has 0 bridgehead atoms. The molecule has 0 aliphatic carbocycles. The third-order valence-electron chi connectivity index (χ3n) is 3.17. The molecular weight excluding hydrogens is 270 g/mol. The summed E-state index contributed by atoms with van der Waals surface area (Å²) < 4.78 is 0. The van der Waals surface area contributed by atoms with Crippen LogP contribution in [0.15, 0.2) is 84.9 Å². The molecule has 0 aromatic heterocycles. The molecule has 0 aliphatic rings. The average Bonchev–Trinajstić information content (AvgIpc) is 2.57. The Hall–Kier alpha value is -2.78. The maximum absolute atomic E-state index is 5.97. The number of nitrogens with zero attached hydrogens (tertiary/aromatic N) is 1. The molecule has 0 saturated heterocycles. The quantitative estimate of drug-likeness (QED) is 0.421. The first-order valence-electron chi connectivity index (χ1n) is 7.14. The van der Waals surface area contributed by atoms with E-state index in [4.69, 9.17) is 11.6 Å². The van der Waals surface area contributed by atoms with Crippen LogP contribution in [0.25, 0.3) is 0 Å². The molecule has 3 heteroatoms. The summed E-state index contributed by atoms with van der Waals surface area (Å²) in [5.41, 5.74) is 9.55. The van der Waals surface area contributed by atoms with Crippen LogP contribution >= 0.6 is 0 Å². The molecule has 0 saturated carbocycles. The van der Waals surface area contributed by atoms with E-state index in [1.807, 2.05) is 72.8 Å². The van der Waals surface area contributed by atoms with Crippen molar-refractivity contribution in [1.29, 1.82) is 0 Å². The van der Waals surface area contributed by atoms with Gasteiger partial charge in [-0.05, 0) is 31.2 Å². The van der Waals surface area contributed by atoms with Gasteiger partial charge in [-0.2, -0.15) is 0 Å². The number of aryl methyl sites for hydroxylation is 1. The van der Waals surface area contributed by atoms with Gasteiger partial charge in [0.1, 0.15) is 0 Å². The number of rotatable bonds is 2. The highest BCUT2D eigenvalue weighted by Gasteiger charge is 2.06. The second-order valence-corrected chi connectivity index (χ2v) is 4.92. The third-order valence-corrected chi connectivity index (χ3v) is 3.17. The molecule has 3 aromatic carbocycles. The summed E-state index contributed by atoms with van der Waals surface area (Å²) in [6, 6.07) is 27.5. The van der Waals surface area contributed by atoms with Crippen LogP contribution in [0.3, 0.4) is 0 Å². The fourth-order valence-corrected chi connectivity index (χ4v) is 1.97. The van der Waals surface area contributed by atoms with E-state index in [9.17, 15) is 0 Å². The molecule has 0 spiro atoms. The van der Waals surface area contributed by atoms with Crippen molar-refractivity contribution in [3.8, 4) is 0 Å². The topological polar surface area (TPSA) is 55.3 Å². The van der Waals surface area contributed by atoms with E-state index in [-0.39, 0.29) is 0 Å². The lowest BCUT2D eigenvalue weighted by Gasteiger charge is -2.20. The van der Waals surface area contributed by atoms with Gasteiger partial charge in [0, 0.05) is 0 Å². The molecule has 0 heterocycles. The van der Waals surface area contributed by atoms with E-state index in [0.29, 0.717) is 5.69 Å². The lowest BCUT2D eigenvalue weighted by molar-refractivity contribution is 1.09. The van der Waals surface area contributed by atoms with Gasteiger partial charge in [0.15, 0.2) is 0 Å². The van der Waals surface area contributed by atoms with Crippen molar-refractivity contribution in [2.75, 3.05) is 10.7 Å². The van der Waals surface area contributed by atoms with Gasteiger partial charge < -0.3 is 5.73 Å². The van der Waals surface area contributed by atoms with Gasteiger partial charge in [0.05, 0.1) is 17.1 Å². The summed E-state index contributed by atoms with van der Waals surface area (Å²) in [6.45, 7) is 2.08. The largest absolute Gasteiger partial charge is 0.397 e.